The van der Waals surface area contributed by atoms with Gasteiger partial charge in [0.2, 0.25) is 6.03 Å². The average molecular weight is 361 g/mol. The normalized spacial score (nSPS) is 17.0. The highest BCUT2D eigenvalue weighted by Crippen LogP contribution is 2.53. The molecule has 128 valence electrons. The first kappa shape index (κ1) is 21.6. The highest BCUT2D eigenvalue weighted by atomic mass is 35.5. The molecule has 0 saturated carbocycles. The Morgan fingerprint density at radius 1 is 1.05 bits per heavy atom. The summed E-state index contributed by atoms with van der Waals surface area (Å²) >= 11 is 5.98. The third kappa shape index (κ3) is 8.70. The van der Waals surface area contributed by atoms with Crippen molar-refractivity contribution in [3.8, 4) is 0 Å². The van der Waals surface area contributed by atoms with Crippen LogP contribution in [0.2, 0.25) is 19.6 Å². The summed E-state index contributed by atoms with van der Waals surface area (Å²) in [6.45, 7) is 12.8. The molecule has 21 heavy (non-hydrogen) atoms. The predicted molar refractivity (Wildman–Crippen MR) is 90.1 cm³/mol. The van der Waals surface area contributed by atoms with E-state index < -0.39 is 21.7 Å². The summed E-state index contributed by atoms with van der Waals surface area (Å²) in [5.74, 6) is 0.270. The van der Waals surface area contributed by atoms with Crippen molar-refractivity contribution in [3.63, 3.8) is 0 Å². The Labute approximate surface area is 135 Å². The van der Waals surface area contributed by atoms with Gasteiger partial charge in [-0.05, 0) is 40.4 Å². The van der Waals surface area contributed by atoms with Crippen molar-refractivity contribution >= 4 is 27.3 Å². The molecule has 0 aromatic rings. The number of alkyl halides is 1. The Kier molecular flexibility index (Phi) is 10.7. The Morgan fingerprint density at radius 2 is 1.57 bits per heavy atom. The molecule has 0 N–H and O–H groups in total. The molecule has 2 atom stereocenters. The molecule has 0 aromatic carbocycles. The fourth-order valence-corrected chi connectivity index (χ4v) is 5.98. The van der Waals surface area contributed by atoms with E-state index in [4.69, 9.17) is 30.0 Å². The minimum atomic E-state index is -3.15. The SMILES string of the molecule is CCOC(OCC)P(=O)(C[C@H](CCl)O[Si](C)(C)C)OCC. The third-order valence-electron chi connectivity index (χ3n) is 2.44. The van der Waals surface area contributed by atoms with Crippen molar-refractivity contribution in [1.29, 1.82) is 0 Å². The Bertz CT molecular complexity index is 318. The van der Waals surface area contributed by atoms with Crippen LogP contribution in [0.25, 0.3) is 0 Å². The number of rotatable bonds is 12. The van der Waals surface area contributed by atoms with Crippen molar-refractivity contribution in [1.82, 2.24) is 0 Å². The lowest BCUT2D eigenvalue weighted by Crippen LogP contribution is -2.36. The topological polar surface area (TPSA) is 54.0 Å². The lowest BCUT2D eigenvalue weighted by atomic mass is 10.5. The van der Waals surface area contributed by atoms with E-state index in [9.17, 15) is 4.57 Å². The molecule has 0 fully saturated rings. The molecule has 8 heteroatoms. The van der Waals surface area contributed by atoms with Crippen molar-refractivity contribution in [3.05, 3.63) is 0 Å². The molecule has 0 aliphatic heterocycles. The Balaban J connectivity index is 5.09. The van der Waals surface area contributed by atoms with E-state index in [1.807, 2.05) is 13.8 Å². The van der Waals surface area contributed by atoms with Crippen LogP contribution in [0, 0.1) is 0 Å². The zero-order valence-corrected chi connectivity index (χ0v) is 16.7. The largest absolute Gasteiger partial charge is 0.413 e. The highest BCUT2D eigenvalue weighted by Gasteiger charge is 2.39. The van der Waals surface area contributed by atoms with Crippen LogP contribution in [-0.2, 0) is 23.0 Å². The monoisotopic (exact) mass is 360 g/mol. The summed E-state index contributed by atoms with van der Waals surface area (Å²) in [5, 5.41) is 0. The summed E-state index contributed by atoms with van der Waals surface area (Å²) in [4.78, 5) is 0. The quantitative estimate of drug-likeness (QED) is 0.227. The second kappa shape index (κ2) is 10.4. The lowest BCUT2D eigenvalue weighted by molar-refractivity contribution is -0.0893. The molecule has 0 rings (SSSR count). The zero-order valence-electron chi connectivity index (χ0n) is 14.1. The van der Waals surface area contributed by atoms with Crippen LogP contribution in [0.3, 0.4) is 0 Å². The van der Waals surface area contributed by atoms with Crippen LogP contribution < -0.4 is 0 Å². The van der Waals surface area contributed by atoms with Crippen LogP contribution in [0.5, 0.6) is 0 Å². The molecule has 0 aliphatic rings. The van der Waals surface area contributed by atoms with Gasteiger partial charge < -0.3 is 18.4 Å². The molecule has 0 bridgehead atoms. The second-order valence-corrected chi connectivity index (χ2v) is 12.8. The van der Waals surface area contributed by atoms with Gasteiger partial charge in [-0.15, -0.1) is 11.6 Å². The maximum atomic E-state index is 13.2. The van der Waals surface area contributed by atoms with E-state index >= 15 is 0 Å². The van der Waals surface area contributed by atoms with E-state index in [0.717, 1.165) is 0 Å². The summed E-state index contributed by atoms with van der Waals surface area (Å²) in [5.41, 5.74) is 0. The van der Waals surface area contributed by atoms with Crippen molar-refractivity contribution in [2.75, 3.05) is 31.9 Å². The van der Waals surface area contributed by atoms with Gasteiger partial charge in [0.05, 0.1) is 18.9 Å². The lowest BCUT2D eigenvalue weighted by Gasteiger charge is -2.31. The molecule has 0 amide bonds. The minimum Gasteiger partial charge on any atom is -0.413 e. The molecule has 0 aliphatic carbocycles. The first-order chi connectivity index (χ1) is 9.72. The fourth-order valence-electron chi connectivity index (χ4n) is 1.88. The van der Waals surface area contributed by atoms with Crippen molar-refractivity contribution < 1.29 is 23.0 Å². The molecule has 0 radical (unpaired) electrons. The van der Waals surface area contributed by atoms with E-state index in [0.29, 0.717) is 19.8 Å². The number of hydrogen-bond acceptors (Lipinski definition) is 5. The van der Waals surface area contributed by atoms with Gasteiger partial charge in [0.1, 0.15) is 0 Å². The molecule has 1 unspecified atom stereocenters. The van der Waals surface area contributed by atoms with Gasteiger partial charge in [0.25, 0.3) is 7.37 Å². The molecular formula is C13H30ClO5PSi. The van der Waals surface area contributed by atoms with Crippen LogP contribution in [0.4, 0.5) is 0 Å². The summed E-state index contributed by atoms with van der Waals surface area (Å²) in [6.07, 6.45) is -0.113. The van der Waals surface area contributed by atoms with Crippen LogP contribution in [0.1, 0.15) is 20.8 Å². The van der Waals surface area contributed by atoms with Crippen LogP contribution in [-0.4, -0.2) is 52.3 Å². The number of hydrogen-bond donors (Lipinski definition) is 0. The van der Waals surface area contributed by atoms with Gasteiger partial charge >= 0.3 is 0 Å². The minimum absolute atomic E-state index is 0.208. The Hall–Kier alpha value is 0.577. The van der Waals surface area contributed by atoms with E-state index in [1.165, 1.54) is 0 Å². The molecule has 0 spiro atoms. The van der Waals surface area contributed by atoms with Gasteiger partial charge in [0.15, 0.2) is 8.32 Å². The first-order valence-corrected chi connectivity index (χ1v) is 13.2. The van der Waals surface area contributed by atoms with E-state index in [-0.39, 0.29) is 18.1 Å². The Morgan fingerprint density at radius 3 is 1.90 bits per heavy atom. The maximum Gasteiger partial charge on any atom is 0.260 e. The third-order valence-corrected chi connectivity index (χ3v) is 6.37. The van der Waals surface area contributed by atoms with Crippen LogP contribution >= 0.6 is 19.0 Å². The molecule has 0 aromatic heterocycles. The maximum absolute atomic E-state index is 13.2. The number of ether oxygens (including phenoxy) is 2. The summed E-state index contributed by atoms with van der Waals surface area (Å²) in [6, 6.07) is -0.858. The van der Waals surface area contributed by atoms with Crippen molar-refractivity contribution in [2.24, 2.45) is 0 Å². The average Bonchev–Trinajstić information content (AvgIpc) is 2.36. The predicted octanol–water partition coefficient (Wildman–Crippen LogP) is 4.12. The highest BCUT2D eigenvalue weighted by molar-refractivity contribution is 7.59. The molecular weight excluding hydrogens is 331 g/mol. The summed E-state index contributed by atoms with van der Waals surface area (Å²) in [7, 11) is -4.93. The fraction of sp³-hybridized carbons (Fsp3) is 1.00. The van der Waals surface area contributed by atoms with Crippen molar-refractivity contribution in [2.45, 2.75) is 52.5 Å². The first-order valence-electron chi connectivity index (χ1n) is 7.42. The van der Waals surface area contributed by atoms with E-state index in [2.05, 4.69) is 19.6 Å². The van der Waals surface area contributed by atoms with E-state index in [1.54, 1.807) is 6.92 Å². The standard InChI is InChI=1S/C13H30ClO5PSi/c1-7-16-13(17-8-2)20(15,18-9-3)11-12(10-14)19-21(4,5)6/h12-13H,7-11H2,1-6H3/t12-,20?/m0/s1. The summed E-state index contributed by atoms with van der Waals surface area (Å²) < 4.78 is 35.6. The zero-order chi connectivity index (χ0) is 16.5. The van der Waals surface area contributed by atoms with Gasteiger partial charge in [-0.2, -0.15) is 0 Å². The van der Waals surface area contributed by atoms with Gasteiger partial charge in [0, 0.05) is 19.1 Å². The molecule has 0 heterocycles. The molecule has 0 saturated heterocycles. The van der Waals surface area contributed by atoms with Gasteiger partial charge in [-0.3, -0.25) is 4.57 Å². The number of halogens is 1. The second-order valence-electron chi connectivity index (χ2n) is 5.55. The smallest absolute Gasteiger partial charge is 0.260 e. The molecule has 5 nitrogen and oxygen atoms in total. The van der Waals surface area contributed by atoms with Gasteiger partial charge in [-0.1, -0.05) is 0 Å². The van der Waals surface area contributed by atoms with Crippen LogP contribution in [0.15, 0.2) is 0 Å². The van der Waals surface area contributed by atoms with Gasteiger partial charge in [-0.25, -0.2) is 0 Å².